The van der Waals surface area contributed by atoms with Gasteiger partial charge in [-0.1, -0.05) is 30.3 Å². The minimum Gasteiger partial charge on any atom is -0.269 e. The van der Waals surface area contributed by atoms with Crippen LogP contribution in [0, 0.1) is 15.9 Å². The molecule has 0 aliphatic heterocycles. The van der Waals surface area contributed by atoms with E-state index in [9.17, 15) is 19.3 Å². The van der Waals surface area contributed by atoms with E-state index in [1.807, 2.05) is 6.07 Å². The molecule has 0 aliphatic rings. The summed E-state index contributed by atoms with van der Waals surface area (Å²) in [6.07, 6.45) is 0. The van der Waals surface area contributed by atoms with E-state index in [1.54, 1.807) is 24.3 Å². The summed E-state index contributed by atoms with van der Waals surface area (Å²) in [7, 11) is 0. The Morgan fingerprint density at radius 1 is 1.24 bits per heavy atom. The average molecular weight is 290 g/mol. The van der Waals surface area contributed by atoms with Crippen molar-refractivity contribution in [3.8, 4) is 0 Å². The summed E-state index contributed by atoms with van der Waals surface area (Å²) < 4.78 is 13.1. The number of hydroxylamine groups is 1. The van der Waals surface area contributed by atoms with Gasteiger partial charge in [0, 0.05) is 6.07 Å². The maximum absolute atomic E-state index is 13.1. The molecule has 2 aromatic rings. The molecule has 0 fully saturated rings. The fourth-order valence-electron chi connectivity index (χ4n) is 1.66. The topological polar surface area (TPSA) is 81.5 Å². The Morgan fingerprint density at radius 2 is 1.95 bits per heavy atom. The van der Waals surface area contributed by atoms with Crippen molar-refractivity contribution in [1.29, 1.82) is 0 Å². The van der Waals surface area contributed by atoms with E-state index in [4.69, 9.17) is 4.84 Å². The number of nitro groups is 1. The van der Waals surface area contributed by atoms with Crippen molar-refractivity contribution in [3.63, 3.8) is 0 Å². The molecular weight excluding hydrogens is 279 g/mol. The number of rotatable bonds is 5. The summed E-state index contributed by atoms with van der Waals surface area (Å²) in [5.74, 6) is -1.62. The Balaban J connectivity index is 2.03. The van der Waals surface area contributed by atoms with Crippen LogP contribution in [0.25, 0.3) is 0 Å². The smallest absolute Gasteiger partial charge is 0.269 e. The van der Waals surface area contributed by atoms with Crippen molar-refractivity contribution in [2.45, 2.75) is 6.61 Å². The summed E-state index contributed by atoms with van der Waals surface area (Å²) in [5, 5.41) is 10.8. The molecule has 1 N–H and O–H groups in total. The lowest BCUT2D eigenvalue weighted by atomic mass is 10.1. The van der Waals surface area contributed by atoms with Crippen molar-refractivity contribution in [3.05, 3.63) is 75.6 Å². The average Bonchev–Trinajstić information content (AvgIpc) is 2.47. The second kappa shape index (κ2) is 6.58. The third-order valence-electron chi connectivity index (χ3n) is 2.65. The predicted octanol–water partition coefficient (Wildman–Crippen LogP) is 2.60. The van der Waals surface area contributed by atoms with Gasteiger partial charge >= 0.3 is 0 Å². The van der Waals surface area contributed by atoms with Gasteiger partial charge in [-0.3, -0.25) is 19.7 Å². The minimum atomic E-state index is -0.878. The lowest BCUT2D eigenvalue weighted by Gasteiger charge is -2.06. The number of carbonyl (C=O) groups is 1. The normalized spacial score (nSPS) is 10.1. The van der Waals surface area contributed by atoms with E-state index < -0.39 is 27.9 Å². The van der Waals surface area contributed by atoms with E-state index in [1.165, 1.54) is 0 Å². The summed E-state index contributed by atoms with van der Waals surface area (Å²) in [6.45, 7) is 0.0929. The van der Waals surface area contributed by atoms with Crippen LogP contribution in [0.4, 0.5) is 10.1 Å². The molecular formula is C14H11FN2O4. The summed E-state index contributed by atoms with van der Waals surface area (Å²) in [6, 6.07) is 11.7. The lowest BCUT2D eigenvalue weighted by Crippen LogP contribution is -2.24. The van der Waals surface area contributed by atoms with Gasteiger partial charge in [0.2, 0.25) is 0 Å². The monoisotopic (exact) mass is 290 g/mol. The van der Waals surface area contributed by atoms with Crippen LogP contribution in [0.15, 0.2) is 48.5 Å². The van der Waals surface area contributed by atoms with Gasteiger partial charge in [0.25, 0.3) is 11.6 Å². The van der Waals surface area contributed by atoms with Crippen LogP contribution < -0.4 is 5.48 Å². The van der Waals surface area contributed by atoms with Crippen molar-refractivity contribution in [2.75, 3.05) is 0 Å². The van der Waals surface area contributed by atoms with Crippen LogP contribution in [0.1, 0.15) is 15.9 Å². The molecule has 0 radical (unpaired) electrons. The molecule has 0 aliphatic carbocycles. The van der Waals surface area contributed by atoms with Crippen LogP contribution in [0.2, 0.25) is 0 Å². The zero-order chi connectivity index (χ0) is 15.2. The summed E-state index contributed by atoms with van der Waals surface area (Å²) in [4.78, 5) is 26.8. The number of nitrogens with one attached hydrogen (secondary N) is 1. The first-order valence-electron chi connectivity index (χ1n) is 5.98. The van der Waals surface area contributed by atoms with Gasteiger partial charge in [-0.15, -0.1) is 0 Å². The van der Waals surface area contributed by atoms with Crippen molar-refractivity contribution in [1.82, 2.24) is 5.48 Å². The highest BCUT2D eigenvalue weighted by atomic mass is 19.1. The molecule has 108 valence electrons. The number of nitro benzene ring substituents is 1. The van der Waals surface area contributed by atoms with Gasteiger partial charge in [0.05, 0.1) is 11.5 Å². The van der Waals surface area contributed by atoms with E-state index >= 15 is 0 Å². The van der Waals surface area contributed by atoms with Gasteiger partial charge in [-0.05, 0) is 17.7 Å². The second-order valence-electron chi connectivity index (χ2n) is 4.12. The van der Waals surface area contributed by atoms with Gasteiger partial charge in [0.15, 0.2) is 0 Å². The highest BCUT2D eigenvalue weighted by Crippen LogP contribution is 2.19. The molecule has 1 amide bonds. The van der Waals surface area contributed by atoms with Crippen molar-refractivity contribution >= 4 is 11.6 Å². The number of hydrogen-bond donors (Lipinski definition) is 1. The lowest BCUT2D eigenvalue weighted by molar-refractivity contribution is -0.385. The van der Waals surface area contributed by atoms with E-state index in [0.29, 0.717) is 0 Å². The first-order valence-corrected chi connectivity index (χ1v) is 5.98. The molecule has 0 spiro atoms. The summed E-state index contributed by atoms with van der Waals surface area (Å²) in [5.41, 5.74) is 1.99. The van der Waals surface area contributed by atoms with E-state index in [-0.39, 0.29) is 6.61 Å². The standard InChI is InChI=1S/C14H11FN2O4/c15-11-6-7-13(17(19)20)12(8-11)14(18)16-21-9-10-4-2-1-3-5-10/h1-8H,9H2,(H,16,18). The molecule has 0 unspecified atom stereocenters. The SMILES string of the molecule is O=C(NOCc1ccccc1)c1cc(F)ccc1[N+](=O)[O-]. The Kier molecular flexibility index (Phi) is 4.57. The Morgan fingerprint density at radius 3 is 2.62 bits per heavy atom. The van der Waals surface area contributed by atoms with Crippen LogP contribution in [0.5, 0.6) is 0 Å². The maximum atomic E-state index is 13.1. The van der Waals surface area contributed by atoms with Crippen LogP contribution in [0.3, 0.4) is 0 Å². The van der Waals surface area contributed by atoms with Crippen LogP contribution in [-0.4, -0.2) is 10.8 Å². The van der Waals surface area contributed by atoms with Gasteiger partial charge in [-0.2, -0.15) is 0 Å². The van der Waals surface area contributed by atoms with Crippen LogP contribution in [-0.2, 0) is 11.4 Å². The number of halogens is 1. The third-order valence-corrected chi connectivity index (χ3v) is 2.65. The molecule has 21 heavy (non-hydrogen) atoms. The molecule has 0 bridgehead atoms. The highest BCUT2D eigenvalue weighted by Gasteiger charge is 2.21. The van der Waals surface area contributed by atoms with Gasteiger partial charge in [0.1, 0.15) is 11.4 Å². The number of hydrogen-bond acceptors (Lipinski definition) is 4. The first-order chi connectivity index (χ1) is 10.1. The number of carbonyl (C=O) groups excluding carboxylic acids is 1. The third kappa shape index (κ3) is 3.83. The highest BCUT2D eigenvalue weighted by molar-refractivity contribution is 5.97. The fourth-order valence-corrected chi connectivity index (χ4v) is 1.66. The first kappa shape index (κ1) is 14.6. The zero-order valence-corrected chi connectivity index (χ0v) is 10.8. The zero-order valence-electron chi connectivity index (χ0n) is 10.8. The largest absolute Gasteiger partial charge is 0.282 e. The molecule has 7 heteroatoms. The summed E-state index contributed by atoms with van der Waals surface area (Å²) >= 11 is 0. The predicted molar refractivity (Wildman–Crippen MR) is 71.8 cm³/mol. The Bertz CT molecular complexity index is 661. The van der Waals surface area contributed by atoms with Crippen LogP contribution >= 0.6 is 0 Å². The van der Waals surface area contributed by atoms with E-state index in [2.05, 4.69) is 5.48 Å². The maximum Gasteiger partial charge on any atom is 0.282 e. The number of nitrogens with zero attached hydrogens (tertiary/aromatic N) is 1. The Labute approximate surface area is 119 Å². The van der Waals surface area contributed by atoms with Crippen molar-refractivity contribution in [2.24, 2.45) is 0 Å². The second-order valence-corrected chi connectivity index (χ2v) is 4.12. The van der Waals surface area contributed by atoms with E-state index in [0.717, 1.165) is 23.8 Å². The fraction of sp³-hybridized carbons (Fsp3) is 0.0714. The quantitative estimate of drug-likeness (QED) is 0.678. The molecule has 0 atom stereocenters. The molecule has 6 nitrogen and oxygen atoms in total. The molecule has 2 rings (SSSR count). The molecule has 2 aromatic carbocycles. The Hall–Kier alpha value is -2.80. The number of amides is 1. The number of benzene rings is 2. The minimum absolute atomic E-state index is 0.0929. The molecule has 0 saturated heterocycles. The van der Waals surface area contributed by atoms with Crippen molar-refractivity contribution < 1.29 is 18.9 Å². The van der Waals surface area contributed by atoms with Gasteiger partial charge < -0.3 is 0 Å². The molecule has 0 aromatic heterocycles. The molecule has 0 heterocycles. The van der Waals surface area contributed by atoms with Gasteiger partial charge in [-0.25, -0.2) is 9.87 Å². The molecule has 0 saturated carbocycles.